The number of hydrogen-bond acceptors (Lipinski definition) is 6. The Morgan fingerprint density at radius 2 is 1.88 bits per heavy atom. The maximum atomic E-state index is 13.0. The molecule has 8 nitrogen and oxygen atoms in total. The van der Waals surface area contributed by atoms with Gasteiger partial charge < -0.3 is 13.8 Å². The maximum Gasteiger partial charge on any atom is 0.277 e. The highest BCUT2D eigenvalue weighted by Crippen LogP contribution is 2.22. The molecule has 0 spiro atoms. The minimum absolute atomic E-state index is 0.178. The van der Waals surface area contributed by atoms with Gasteiger partial charge in [-0.3, -0.25) is 4.79 Å². The zero-order chi connectivity index (χ0) is 22.1. The Balaban J connectivity index is 1.43. The van der Waals surface area contributed by atoms with Crippen LogP contribution in [0, 0.1) is 6.92 Å². The summed E-state index contributed by atoms with van der Waals surface area (Å²) in [4.78, 5) is 17.5. The topological polar surface area (TPSA) is 87.5 Å². The van der Waals surface area contributed by atoms with E-state index in [0.29, 0.717) is 29.5 Å². The first-order valence-electron chi connectivity index (χ1n) is 10.3. The predicted molar refractivity (Wildman–Crippen MR) is 120 cm³/mol. The Hall–Kier alpha value is -4.20. The highest BCUT2D eigenvalue weighted by molar-refractivity contribution is 5.66. The van der Waals surface area contributed by atoms with Crippen molar-refractivity contribution in [3.05, 3.63) is 88.8 Å². The molecular weight excluding hydrogens is 406 g/mol. The fourth-order valence-electron chi connectivity index (χ4n) is 3.58. The first kappa shape index (κ1) is 19.7. The molecule has 8 heteroatoms. The Bertz CT molecular complexity index is 1450. The molecule has 0 unspecified atom stereocenters. The van der Waals surface area contributed by atoms with Gasteiger partial charge in [-0.2, -0.15) is 10.1 Å². The van der Waals surface area contributed by atoms with Crippen LogP contribution in [0.15, 0.2) is 76.3 Å². The summed E-state index contributed by atoms with van der Waals surface area (Å²) in [5.41, 5.74) is 3.86. The number of benzene rings is 2. The highest BCUT2D eigenvalue weighted by Gasteiger charge is 2.14. The van der Waals surface area contributed by atoms with Gasteiger partial charge in [0.15, 0.2) is 0 Å². The molecule has 3 aromatic heterocycles. The normalized spacial score (nSPS) is 11.2. The monoisotopic (exact) mass is 427 g/mol. The van der Waals surface area contributed by atoms with E-state index in [9.17, 15) is 4.79 Å². The predicted octanol–water partition coefficient (Wildman–Crippen LogP) is 3.97. The molecule has 160 valence electrons. The van der Waals surface area contributed by atoms with Crippen molar-refractivity contribution in [1.82, 2.24) is 24.3 Å². The summed E-state index contributed by atoms with van der Waals surface area (Å²) < 4.78 is 14.0. The van der Waals surface area contributed by atoms with E-state index in [1.165, 1.54) is 4.57 Å². The van der Waals surface area contributed by atoms with E-state index in [0.717, 1.165) is 22.4 Å². The molecule has 2 aromatic carbocycles. The number of hydrogen-bond donors (Lipinski definition) is 0. The molecule has 0 aliphatic carbocycles. The number of rotatable bonds is 6. The van der Waals surface area contributed by atoms with Gasteiger partial charge in [0.1, 0.15) is 17.8 Å². The number of aromatic nitrogens is 5. The van der Waals surface area contributed by atoms with E-state index >= 15 is 0 Å². The van der Waals surface area contributed by atoms with Crippen molar-refractivity contribution in [3.63, 3.8) is 0 Å². The number of fused-ring (bicyclic) bond motifs is 1. The van der Waals surface area contributed by atoms with Gasteiger partial charge in [0.05, 0.1) is 12.3 Å². The third-order valence-electron chi connectivity index (χ3n) is 5.22. The van der Waals surface area contributed by atoms with Gasteiger partial charge >= 0.3 is 0 Å². The molecule has 0 aliphatic rings. The van der Waals surface area contributed by atoms with Crippen molar-refractivity contribution in [2.45, 2.75) is 20.4 Å². The molecular formula is C24H21N5O3. The van der Waals surface area contributed by atoms with Crippen molar-refractivity contribution >= 4 is 5.52 Å². The minimum atomic E-state index is -0.187. The van der Waals surface area contributed by atoms with Crippen molar-refractivity contribution in [3.8, 4) is 28.4 Å². The van der Waals surface area contributed by atoms with Crippen LogP contribution >= 0.6 is 0 Å². The highest BCUT2D eigenvalue weighted by atomic mass is 16.5. The van der Waals surface area contributed by atoms with Crippen LogP contribution in [-0.4, -0.2) is 30.9 Å². The van der Waals surface area contributed by atoms with Gasteiger partial charge in [-0.05, 0) is 49.7 Å². The standard InChI is InChI=1S/C24H21N5O3/c1-3-31-18-10-8-17(9-11-18)20-14-21-24(30)28(12-13-29(21)26-20)15-22-25-23(27-32-22)19-7-5-4-6-16(19)2/h4-14H,3,15H2,1-2H3. The average molecular weight is 427 g/mol. The van der Waals surface area contributed by atoms with Crippen LogP contribution in [0.25, 0.3) is 28.2 Å². The fraction of sp³-hybridized carbons (Fsp3) is 0.167. The lowest BCUT2D eigenvalue weighted by Crippen LogP contribution is -2.21. The van der Waals surface area contributed by atoms with Gasteiger partial charge in [0.2, 0.25) is 11.7 Å². The zero-order valence-electron chi connectivity index (χ0n) is 17.7. The molecule has 0 saturated carbocycles. The molecule has 0 atom stereocenters. The largest absolute Gasteiger partial charge is 0.494 e. The molecule has 3 heterocycles. The van der Waals surface area contributed by atoms with E-state index in [4.69, 9.17) is 9.26 Å². The summed E-state index contributed by atoms with van der Waals surface area (Å²) in [7, 11) is 0. The Morgan fingerprint density at radius 1 is 1.06 bits per heavy atom. The second-order valence-corrected chi connectivity index (χ2v) is 7.37. The van der Waals surface area contributed by atoms with E-state index in [1.54, 1.807) is 23.0 Å². The van der Waals surface area contributed by atoms with Gasteiger partial charge in [0, 0.05) is 23.5 Å². The van der Waals surface area contributed by atoms with E-state index in [1.807, 2.05) is 62.4 Å². The summed E-state index contributed by atoms with van der Waals surface area (Å²) in [6.07, 6.45) is 3.41. The lowest BCUT2D eigenvalue weighted by atomic mass is 10.1. The van der Waals surface area contributed by atoms with Crippen LogP contribution in [0.3, 0.4) is 0 Å². The Labute approximate surface area is 183 Å². The van der Waals surface area contributed by atoms with Crippen LogP contribution in [-0.2, 0) is 6.54 Å². The van der Waals surface area contributed by atoms with Gasteiger partial charge in [0.25, 0.3) is 5.56 Å². The third-order valence-corrected chi connectivity index (χ3v) is 5.22. The quantitative estimate of drug-likeness (QED) is 0.408. The minimum Gasteiger partial charge on any atom is -0.494 e. The summed E-state index contributed by atoms with van der Waals surface area (Å²) in [6, 6.07) is 17.2. The molecule has 0 radical (unpaired) electrons. The second-order valence-electron chi connectivity index (χ2n) is 7.37. The molecule has 5 aromatic rings. The molecule has 0 aliphatic heterocycles. The van der Waals surface area contributed by atoms with Crippen LogP contribution in [0.1, 0.15) is 18.4 Å². The number of nitrogens with zero attached hydrogens (tertiary/aromatic N) is 5. The SMILES string of the molecule is CCOc1ccc(-c2cc3c(=O)n(Cc4nc(-c5ccccc5C)no4)ccn3n2)cc1. The molecule has 0 amide bonds. The summed E-state index contributed by atoms with van der Waals surface area (Å²) in [6.45, 7) is 4.72. The molecule has 0 saturated heterocycles. The van der Waals surface area contributed by atoms with Crippen LogP contribution in [0.5, 0.6) is 5.75 Å². The van der Waals surface area contributed by atoms with E-state index in [2.05, 4.69) is 15.2 Å². The number of aryl methyl sites for hydroxylation is 1. The second kappa shape index (κ2) is 8.14. The average Bonchev–Trinajstić information content (AvgIpc) is 3.45. The molecule has 0 bridgehead atoms. The van der Waals surface area contributed by atoms with Gasteiger partial charge in [-0.25, -0.2) is 4.52 Å². The Morgan fingerprint density at radius 3 is 2.66 bits per heavy atom. The summed E-state index contributed by atoms with van der Waals surface area (Å²) in [5.74, 6) is 1.67. The Kier molecular flexibility index (Phi) is 5.03. The van der Waals surface area contributed by atoms with E-state index in [-0.39, 0.29) is 12.1 Å². The van der Waals surface area contributed by atoms with Crippen molar-refractivity contribution in [2.75, 3.05) is 6.61 Å². The van der Waals surface area contributed by atoms with Crippen LogP contribution < -0.4 is 10.3 Å². The zero-order valence-corrected chi connectivity index (χ0v) is 17.7. The molecule has 0 fully saturated rings. The molecule has 32 heavy (non-hydrogen) atoms. The number of ether oxygens (including phenoxy) is 1. The van der Waals surface area contributed by atoms with Crippen molar-refractivity contribution < 1.29 is 9.26 Å². The van der Waals surface area contributed by atoms with Crippen molar-refractivity contribution in [1.29, 1.82) is 0 Å². The lowest BCUT2D eigenvalue weighted by Gasteiger charge is -2.02. The summed E-state index contributed by atoms with van der Waals surface area (Å²) in [5, 5.41) is 8.60. The van der Waals surface area contributed by atoms with Gasteiger partial charge in [-0.15, -0.1) is 0 Å². The maximum absolute atomic E-state index is 13.0. The smallest absolute Gasteiger partial charge is 0.277 e. The lowest BCUT2D eigenvalue weighted by molar-refractivity contribution is 0.340. The fourth-order valence-corrected chi connectivity index (χ4v) is 3.58. The summed E-state index contributed by atoms with van der Waals surface area (Å²) >= 11 is 0. The first-order valence-corrected chi connectivity index (χ1v) is 10.3. The van der Waals surface area contributed by atoms with Gasteiger partial charge in [-0.1, -0.05) is 29.4 Å². The molecule has 5 rings (SSSR count). The van der Waals surface area contributed by atoms with E-state index < -0.39 is 0 Å². The molecule has 0 N–H and O–H groups in total. The van der Waals surface area contributed by atoms with Crippen LogP contribution in [0.4, 0.5) is 0 Å². The first-order chi connectivity index (χ1) is 15.6. The van der Waals surface area contributed by atoms with Crippen LogP contribution in [0.2, 0.25) is 0 Å². The van der Waals surface area contributed by atoms with Crippen molar-refractivity contribution in [2.24, 2.45) is 0 Å². The third kappa shape index (κ3) is 3.66.